The zero-order valence-corrected chi connectivity index (χ0v) is 13.9. The van der Waals surface area contributed by atoms with Gasteiger partial charge in [-0.1, -0.05) is 23.9 Å². The normalized spacial score (nSPS) is 18.9. The molecule has 22 heavy (non-hydrogen) atoms. The van der Waals surface area contributed by atoms with Crippen LogP contribution in [0, 0.1) is 0 Å². The fraction of sp³-hybridized carbons (Fsp3) is 0.500. The molecule has 1 aliphatic heterocycles. The van der Waals surface area contributed by atoms with Crippen LogP contribution in [0.15, 0.2) is 33.9 Å². The molecule has 0 bridgehead atoms. The molecule has 1 atom stereocenters. The van der Waals surface area contributed by atoms with Crippen molar-refractivity contribution >= 4 is 29.0 Å². The summed E-state index contributed by atoms with van der Waals surface area (Å²) in [6.45, 7) is 7.02. The van der Waals surface area contributed by atoms with Gasteiger partial charge in [-0.25, -0.2) is 9.78 Å². The van der Waals surface area contributed by atoms with Gasteiger partial charge in [0.15, 0.2) is 5.58 Å². The van der Waals surface area contributed by atoms with Crippen molar-refractivity contribution in [1.29, 1.82) is 0 Å². The van der Waals surface area contributed by atoms with Crippen LogP contribution in [0.5, 0.6) is 0 Å². The molecule has 0 aliphatic carbocycles. The highest BCUT2D eigenvalue weighted by molar-refractivity contribution is 7.99. The molecule has 118 valence electrons. The molecule has 1 fully saturated rings. The number of rotatable bonds is 2. The number of nitrogens with zero attached hydrogens (tertiary/aromatic N) is 2. The Morgan fingerprint density at radius 3 is 2.91 bits per heavy atom. The van der Waals surface area contributed by atoms with E-state index in [1.54, 1.807) is 16.7 Å². The number of amides is 1. The molecule has 3 rings (SSSR count). The monoisotopic (exact) mass is 320 g/mol. The van der Waals surface area contributed by atoms with Crippen LogP contribution < -0.4 is 0 Å². The zero-order chi connectivity index (χ0) is 15.7. The summed E-state index contributed by atoms with van der Waals surface area (Å²) in [5.74, 6) is 0. The molecule has 0 radical (unpaired) electrons. The molecule has 0 saturated carbocycles. The van der Waals surface area contributed by atoms with E-state index in [1.807, 2.05) is 45.0 Å². The Morgan fingerprint density at radius 2 is 2.18 bits per heavy atom. The Morgan fingerprint density at radius 1 is 1.41 bits per heavy atom. The third-order valence-corrected chi connectivity index (χ3v) is 4.43. The Bertz CT molecular complexity index is 644. The molecule has 2 aromatic rings. The lowest BCUT2D eigenvalue weighted by Gasteiger charge is -2.24. The third kappa shape index (κ3) is 3.55. The fourth-order valence-electron chi connectivity index (χ4n) is 2.36. The summed E-state index contributed by atoms with van der Waals surface area (Å²) < 4.78 is 11.1. The molecule has 0 unspecified atom stereocenters. The number of oxazole rings is 1. The lowest BCUT2D eigenvalue weighted by atomic mass is 10.2. The number of para-hydroxylation sites is 2. The van der Waals surface area contributed by atoms with E-state index < -0.39 is 5.60 Å². The predicted octanol–water partition coefficient (Wildman–Crippen LogP) is 3.93. The van der Waals surface area contributed by atoms with E-state index in [0.29, 0.717) is 23.6 Å². The summed E-state index contributed by atoms with van der Waals surface area (Å²) in [6.07, 6.45) is 0.677. The molecule has 2 heterocycles. The van der Waals surface area contributed by atoms with Crippen molar-refractivity contribution in [3.05, 3.63) is 24.3 Å². The SMILES string of the molecule is CC(C)(C)OC(=O)N1CC[C@@H](Sc2nc3ccccc3o2)C1. The van der Waals surface area contributed by atoms with Crippen LogP contribution in [0.25, 0.3) is 11.1 Å². The Hall–Kier alpha value is -1.69. The topological polar surface area (TPSA) is 55.6 Å². The van der Waals surface area contributed by atoms with Crippen LogP contribution in [-0.4, -0.2) is 39.9 Å². The minimum Gasteiger partial charge on any atom is -0.444 e. The van der Waals surface area contributed by atoms with Gasteiger partial charge in [0.1, 0.15) is 11.1 Å². The van der Waals surface area contributed by atoms with Gasteiger partial charge in [0.25, 0.3) is 5.22 Å². The smallest absolute Gasteiger partial charge is 0.410 e. The van der Waals surface area contributed by atoms with E-state index in [2.05, 4.69) is 4.98 Å². The van der Waals surface area contributed by atoms with E-state index >= 15 is 0 Å². The first-order valence-corrected chi connectivity index (χ1v) is 8.29. The van der Waals surface area contributed by atoms with Crippen molar-refractivity contribution in [2.45, 2.75) is 43.3 Å². The van der Waals surface area contributed by atoms with E-state index in [0.717, 1.165) is 17.5 Å². The molecule has 1 aromatic carbocycles. The lowest BCUT2D eigenvalue weighted by Crippen LogP contribution is -2.35. The van der Waals surface area contributed by atoms with Gasteiger partial charge in [0, 0.05) is 18.3 Å². The van der Waals surface area contributed by atoms with E-state index in [4.69, 9.17) is 9.15 Å². The van der Waals surface area contributed by atoms with Gasteiger partial charge in [-0.15, -0.1) is 0 Å². The lowest BCUT2D eigenvalue weighted by molar-refractivity contribution is 0.0295. The molecule has 0 spiro atoms. The van der Waals surface area contributed by atoms with Gasteiger partial charge in [0.2, 0.25) is 0 Å². The maximum Gasteiger partial charge on any atom is 0.410 e. The summed E-state index contributed by atoms with van der Waals surface area (Å²) in [5.41, 5.74) is 1.21. The van der Waals surface area contributed by atoms with Crippen LogP contribution in [0.2, 0.25) is 0 Å². The predicted molar refractivity (Wildman–Crippen MR) is 86.1 cm³/mol. The molecule has 6 heteroatoms. The second-order valence-electron chi connectivity index (χ2n) is 6.40. The van der Waals surface area contributed by atoms with Crippen molar-refractivity contribution in [2.24, 2.45) is 0 Å². The minimum absolute atomic E-state index is 0.242. The first-order chi connectivity index (χ1) is 10.4. The largest absolute Gasteiger partial charge is 0.444 e. The van der Waals surface area contributed by atoms with Crippen molar-refractivity contribution < 1.29 is 13.9 Å². The molecule has 1 saturated heterocycles. The summed E-state index contributed by atoms with van der Waals surface area (Å²) in [6, 6.07) is 7.72. The number of benzene rings is 1. The standard InChI is InChI=1S/C16H20N2O3S/c1-16(2,3)21-15(19)18-9-8-11(10-18)22-14-17-12-6-4-5-7-13(12)20-14/h4-7,11H,8-10H2,1-3H3/t11-/m1/s1. The van der Waals surface area contributed by atoms with Crippen molar-refractivity contribution in [1.82, 2.24) is 9.88 Å². The van der Waals surface area contributed by atoms with Crippen LogP contribution >= 0.6 is 11.8 Å². The fourth-order valence-corrected chi connectivity index (χ4v) is 3.41. The number of fused-ring (bicyclic) bond motifs is 1. The van der Waals surface area contributed by atoms with Crippen LogP contribution in [-0.2, 0) is 4.74 Å². The average Bonchev–Trinajstić information content (AvgIpc) is 3.02. The van der Waals surface area contributed by atoms with Gasteiger partial charge in [-0.05, 0) is 39.3 Å². The second kappa shape index (κ2) is 5.83. The summed E-state index contributed by atoms with van der Waals surface area (Å²) in [4.78, 5) is 18.3. The Kier molecular flexibility index (Phi) is 4.04. The third-order valence-electron chi connectivity index (χ3n) is 3.34. The van der Waals surface area contributed by atoms with Gasteiger partial charge >= 0.3 is 6.09 Å². The average molecular weight is 320 g/mol. The Balaban J connectivity index is 1.60. The van der Waals surface area contributed by atoms with Crippen LogP contribution in [0.1, 0.15) is 27.2 Å². The minimum atomic E-state index is -0.456. The first kappa shape index (κ1) is 15.2. The number of carbonyl (C=O) groups is 1. The highest BCUT2D eigenvalue weighted by Crippen LogP contribution is 2.31. The van der Waals surface area contributed by atoms with Crippen molar-refractivity contribution in [3.8, 4) is 0 Å². The van der Waals surface area contributed by atoms with Gasteiger partial charge in [-0.3, -0.25) is 0 Å². The van der Waals surface area contributed by atoms with E-state index in [1.165, 1.54) is 0 Å². The molecular formula is C16H20N2O3S. The van der Waals surface area contributed by atoms with Gasteiger partial charge in [0.05, 0.1) is 0 Å². The van der Waals surface area contributed by atoms with Gasteiger partial charge < -0.3 is 14.1 Å². The maximum absolute atomic E-state index is 12.1. The van der Waals surface area contributed by atoms with E-state index in [-0.39, 0.29) is 6.09 Å². The molecular weight excluding hydrogens is 300 g/mol. The summed E-state index contributed by atoms with van der Waals surface area (Å²) >= 11 is 1.59. The first-order valence-electron chi connectivity index (χ1n) is 7.41. The van der Waals surface area contributed by atoms with Crippen LogP contribution in [0.3, 0.4) is 0 Å². The number of hydrogen-bond acceptors (Lipinski definition) is 5. The summed E-state index contributed by atoms with van der Waals surface area (Å²) in [5, 5.41) is 0.956. The maximum atomic E-state index is 12.1. The molecule has 0 N–H and O–H groups in total. The number of thioether (sulfide) groups is 1. The number of hydrogen-bond donors (Lipinski definition) is 0. The van der Waals surface area contributed by atoms with E-state index in [9.17, 15) is 4.79 Å². The zero-order valence-electron chi connectivity index (χ0n) is 13.0. The number of likely N-dealkylation sites (tertiary alicyclic amines) is 1. The molecule has 1 aliphatic rings. The number of aromatic nitrogens is 1. The van der Waals surface area contributed by atoms with Crippen molar-refractivity contribution in [3.63, 3.8) is 0 Å². The quantitative estimate of drug-likeness (QED) is 0.839. The summed E-state index contributed by atoms with van der Waals surface area (Å²) in [7, 11) is 0. The van der Waals surface area contributed by atoms with Crippen molar-refractivity contribution in [2.75, 3.05) is 13.1 Å². The van der Waals surface area contributed by atoms with Gasteiger partial charge in [-0.2, -0.15) is 0 Å². The second-order valence-corrected chi connectivity index (χ2v) is 7.65. The highest BCUT2D eigenvalue weighted by Gasteiger charge is 2.31. The number of ether oxygens (including phenoxy) is 1. The Labute approximate surface area is 134 Å². The number of carbonyl (C=O) groups excluding carboxylic acids is 1. The molecule has 5 nitrogen and oxygen atoms in total. The molecule has 1 amide bonds. The molecule has 1 aromatic heterocycles. The highest BCUT2D eigenvalue weighted by atomic mass is 32.2. The van der Waals surface area contributed by atoms with Crippen LogP contribution in [0.4, 0.5) is 4.79 Å².